The molecule has 21 heavy (non-hydrogen) atoms. The number of hydrogen-bond acceptors (Lipinski definition) is 4. The average Bonchev–Trinajstić information content (AvgIpc) is 3.05. The molecule has 0 unspecified atom stereocenters. The lowest BCUT2D eigenvalue weighted by molar-refractivity contribution is -0.127. The number of rotatable bonds is 2. The topological polar surface area (TPSA) is 66.9 Å². The minimum absolute atomic E-state index is 0.243. The zero-order valence-corrected chi connectivity index (χ0v) is 11.1. The molecular weight excluding hydrogens is 279 g/mol. The zero-order chi connectivity index (χ0) is 15.0. The Balaban J connectivity index is 1.71. The summed E-state index contributed by atoms with van der Waals surface area (Å²) in [5.74, 6) is -1.17. The van der Waals surface area contributed by atoms with E-state index in [0.717, 1.165) is 4.90 Å². The highest BCUT2D eigenvalue weighted by atomic mass is 19.1. The van der Waals surface area contributed by atoms with Crippen LogP contribution in [0.15, 0.2) is 24.3 Å². The fourth-order valence-electron chi connectivity index (χ4n) is 2.66. The van der Waals surface area contributed by atoms with Crippen molar-refractivity contribution < 1.29 is 23.5 Å². The molecule has 0 saturated carbocycles. The summed E-state index contributed by atoms with van der Waals surface area (Å²) >= 11 is 0. The van der Waals surface area contributed by atoms with E-state index in [1.54, 1.807) is 0 Å². The van der Waals surface area contributed by atoms with Crippen LogP contribution in [0.3, 0.4) is 0 Å². The van der Waals surface area contributed by atoms with Gasteiger partial charge >= 0.3 is 6.09 Å². The van der Waals surface area contributed by atoms with Gasteiger partial charge in [-0.25, -0.2) is 14.1 Å². The standard InChI is InChI=1S/C14H13FN2O4/c15-10-3-1-2-9(6-10)13(19)16-5-4-11(7-16)17-12(18)8-21-14(17)20/h1-3,6,11H,4-5,7-8H2/t11-/m1/s1. The van der Waals surface area contributed by atoms with E-state index in [1.807, 2.05) is 0 Å². The van der Waals surface area contributed by atoms with Gasteiger partial charge < -0.3 is 9.64 Å². The lowest BCUT2D eigenvalue weighted by atomic mass is 10.2. The minimum Gasteiger partial charge on any atom is -0.439 e. The van der Waals surface area contributed by atoms with Gasteiger partial charge in [0.25, 0.3) is 11.8 Å². The molecule has 6 nitrogen and oxygen atoms in total. The van der Waals surface area contributed by atoms with E-state index >= 15 is 0 Å². The number of imide groups is 1. The number of carbonyl (C=O) groups excluding carboxylic acids is 3. The highest BCUT2D eigenvalue weighted by Crippen LogP contribution is 2.21. The third kappa shape index (κ3) is 2.46. The number of hydrogen-bond donors (Lipinski definition) is 0. The summed E-state index contributed by atoms with van der Waals surface area (Å²) in [6.07, 6.45) is -0.160. The molecule has 2 heterocycles. The van der Waals surface area contributed by atoms with Crippen LogP contribution in [0.5, 0.6) is 0 Å². The maximum absolute atomic E-state index is 13.2. The smallest absolute Gasteiger partial charge is 0.417 e. The Morgan fingerprint density at radius 3 is 2.81 bits per heavy atom. The molecule has 3 amide bonds. The minimum atomic E-state index is -0.662. The molecule has 1 aromatic rings. The van der Waals surface area contributed by atoms with Crippen LogP contribution in [0.25, 0.3) is 0 Å². The van der Waals surface area contributed by atoms with Crippen molar-refractivity contribution in [3.05, 3.63) is 35.6 Å². The number of benzene rings is 1. The monoisotopic (exact) mass is 292 g/mol. The van der Waals surface area contributed by atoms with E-state index < -0.39 is 11.9 Å². The molecule has 2 saturated heterocycles. The van der Waals surface area contributed by atoms with E-state index in [1.165, 1.54) is 29.2 Å². The van der Waals surface area contributed by atoms with Gasteiger partial charge in [0.05, 0.1) is 6.04 Å². The first-order valence-electron chi connectivity index (χ1n) is 6.60. The number of amides is 3. The zero-order valence-electron chi connectivity index (χ0n) is 11.1. The summed E-state index contributed by atoms with van der Waals surface area (Å²) in [5.41, 5.74) is 0.256. The molecule has 110 valence electrons. The van der Waals surface area contributed by atoms with Crippen molar-refractivity contribution in [3.8, 4) is 0 Å². The van der Waals surface area contributed by atoms with Gasteiger partial charge in [-0.1, -0.05) is 6.07 Å². The van der Waals surface area contributed by atoms with Crippen molar-refractivity contribution in [2.75, 3.05) is 19.7 Å². The molecule has 0 aromatic heterocycles. The van der Waals surface area contributed by atoms with Gasteiger partial charge in [-0.3, -0.25) is 9.59 Å². The fraction of sp³-hybridized carbons (Fsp3) is 0.357. The first kappa shape index (κ1) is 13.5. The highest BCUT2D eigenvalue weighted by molar-refractivity contribution is 5.98. The number of cyclic esters (lactones) is 1. The van der Waals surface area contributed by atoms with E-state index in [4.69, 9.17) is 0 Å². The molecule has 0 spiro atoms. The van der Waals surface area contributed by atoms with Gasteiger partial charge in [0, 0.05) is 18.7 Å². The van der Waals surface area contributed by atoms with E-state index in [9.17, 15) is 18.8 Å². The van der Waals surface area contributed by atoms with E-state index in [-0.39, 0.29) is 36.6 Å². The second-order valence-corrected chi connectivity index (χ2v) is 5.02. The summed E-state index contributed by atoms with van der Waals surface area (Å²) in [7, 11) is 0. The summed E-state index contributed by atoms with van der Waals surface area (Å²) in [6, 6.07) is 5.07. The van der Waals surface area contributed by atoms with Gasteiger partial charge in [0.15, 0.2) is 6.61 Å². The van der Waals surface area contributed by atoms with Crippen LogP contribution in [0.1, 0.15) is 16.8 Å². The molecule has 7 heteroatoms. The van der Waals surface area contributed by atoms with Crippen LogP contribution in [0.4, 0.5) is 9.18 Å². The van der Waals surface area contributed by atoms with Gasteiger partial charge in [0.1, 0.15) is 5.82 Å². The molecule has 1 aromatic carbocycles. The van der Waals surface area contributed by atoms with Crippen LogP contribution < -0.4 is 0 Å². The molecule has 1 atom stereocenters. The summed E-state index contributed by atoms with van der Waals surface area (Å²) in [5, 5.41) is 0. The number of halogens is 1. The van der Waals surface area contributed by atoms with Crippen molar-refractivity contribution >= 4 is 17.9 Å². The highest BCUT2D eigenvalue weighted by Gasteiger charge is 2.41. The quantitative estimate of drug-likeness (QED) is 0.816. The molecule has 3 rings (SSSR count). The Morgan fingerprint density at radius 2 is 2.14 bits per heavy atom. The van der Waals surface area contributed by atoms with Crippen molar-refractivity contribution in [2.24, 2.45) is 0 Å². The molecule has 0 aliphatic carbocycles. The lowest BCUT2D eigenvalue weighted by Crippen LogP contribution is -2.42. The maximum atomic E-state index is 13.2. The number of nitrogens with zero attached hydrogens (tertiary/aromatic N) is 2. The van der Waals surface area contributed by atoms with Gasteiger partial charge in [-0.05, 0) is 24.6 Å². The van der Waals surface area contributed by atoms with Crippen LogP contribution in [-0.2, 0) is 9.53 Å². The summed E-state index contributed by atoms with van der Waals surface area (Å²) in [4.78, 5) is 37.9. The summed E-state index contributed by atoms with van der Waals surface area (Å²) in [6.45, 7) is 0.417. The predicted molar refractivity (Wildman–Crippen MR) is 68.9 cm³/mol. The molecular formula is C14H13FN2O4. The third-order valence-electron chi connectivity index (χ3n) is 3.67. The molecule has 2 aliphatic heterocycles. The van der Waals surface area contributed by atoms with E-state index in [2.05, 4.69) is 4.74 Å². The maximum Gasteiger partial charge on any atom is 0.417 e. The second-order valence-electron chi connectivity index (χ2n) is 5.02. The van der Waals surface area contributed by atoms with Crippen molar-refractivity contribution in [1.82, 2.24) is 9.80 Å². The molecule has 2 fully saturated rings. The first-order chi connectivity index (χ1) is 10.1. The predicted octanol–water partition coefficient (Wildman–Crippen LogP) is 1.02. The van der Waals surface area contributed by atoms with Crippen LogP contribution in [-0.4, -0.2) is 53.4 Å². The Hall–Kier alpha value is -2.44. The van der Waals surface area contributed by atoms with Crippen molar-refractivity contribution in [2.45, 2.75) is 12.5 Å². The summed E-state index contributed by atoms with van der Waals surface area (Å²) < 4.78 is 17.8. The molecule has 2 aliphatic rings. The van der Waals surface area contributed by atoms with Crippen molar-refractivity contribution in [3.63, 3.8) is 0 Å². The molecule has 0 N–H and O–H groups in total. The first-order valence-corrected chi connectivity index (χ1v) is 6.60. The second kappa shape index (κ2) is 5.16. The molecule has 0 radical (unpaired) electrons. The average molecular weight is 292 g/mol. The van der Waals surface area contributed by atoms with Crippen LogP contribution in [0, 0.1) is 5.82 Å². The Labute approximate surface area is 120 Å². The number of carbonyl (C=O) groups is 3. The van der Waals surface area contributed by atoms with Crippen LogP contribution >= 0.6 is 0 Å². The number of ether oxygens (including phenoxy) is 1. The third-order valence-corrected chi connectivity index (χ3v) is 3.67. The lowest BCUT2D eigenvalue weighted by Gasteiger charge is -2.20. The largest absolute Gasteiger partial charge is 0.439 e. The molecule has 0 bridgehead atoms. The number of likely N-dealkylation sites (tertiary alicyclic amines) is 1. The normalized spacial score (nSPS) is 21.9. The fourth-order valence-corrected chi connectivity index (χ4v) is 2.66. The van der Waals surface area contributed by atoms with Crippen LogP contribution in [0.2, 0.25) is 0 Å². The van der Waals surface area contributed by atoms with Gasteiger partial charge in [-0.2, -0.15) is 0 Å². The Kier molecular flexibility index (Phi) is 3.32. The Morgan fingerprint density at radius 1 is 1.33 bits per heavy atom. The van der Waals surface area contributed by atoms with Crippen molar-refractivity contribution in [1.29, 1.82) is 0 Å². The van der Waals surface area contributed by atoms with E-state index in [0.29, 0.717) is 13.0 Å². The van der Waals surface area contributed by atoms with Gasteiger partial charge in [-0.15, -0.1) is 0 Å². The van der Waals surface area contributed by atoms with Gasteiger partial charge in [0.2, 0.25) is 0 Å². The Bertz CT molecular complexity index is 603. The SMILES string of the molecule is O=C(c1cccc(F)c1)N1CC[C@@H](N2C(=O)COC2=O)C1.